The topological polar surface area (TPSA) is 63.6 Å². The summed E-state index contributed by atoms with van der Waals surface area (Å²) in [6.07, 6.45) is 0. The molecule has 1 N–H and O–H groups in total. The molecule has 0 heterocycles. The SMILES string of the molecule is COc1cccc(C(C(C)=O)C(=O)O)c1. The standard InChI is InChI=1S/C11H12O4/c1-7(12)10(11(13)14)8-4-3-5-9(6-8)15-2/h3-6,10H,1-2H3,(H,13,14). The van der Waals surface area contributed by atoms with Crippen molar-refractivity contribution in [1.82, 2.24) is 0 Å². The Morgan fingerprint density at radius 2 is 2.07 bits per heavy atom. The van der Waals surface area contributed by atoms with Crippen molar-refractivity contribution in [3.8, 4) is 5.75 Å². The van der Waals surface area contributed by atoms with Gasteiger partial charge >= 0.3 is 5.97 Å². The van der Waals surface area contributed by atoms with Crippen LogP contribution in [-0.2, 0) is 9.59 Å². The van der Waals surface area contributed by atoms with Crippen molar-refractivity contribution in [3.05, 3.63) is 29.8 Å². The second kappa shape index (κ2) is 4.59. The van der Waals surface area contributed by atoms with Crippen molar-refractivity contribution in [2.75, 3.05) is 7.11 Å². The fourth-order valence-corrected chi connectivity index (χ4v) is 1.37. The highest BCUT2D eigenvalue weighted by atomic mass is 16.5. The van der Waals surface area contributed by atoms with Crippen LogP contribution >= 0.6 is 0 Å². The average molecular weight is 208 g/mol. The molecule has 0 saturated carbocycles. The second-order valence-electron chi connectivity index (χ2n) is 3.16. The molecule has 0 amide bonds. The molecule has 4 heteroatoms. The van der Waals surface area contributed by atoms with Crippen LogP contribution in [0.25, 0.3) is 0 Å². The molecule has 0 aromatic heterocycles. The first-order chi connectivity index (χ1) is 7.06. The first kappa shape index (κ1) is 11.2. The highest BCUT2D eigenvalue weighted by molar-refractivity contribution is 6.02. The zero-order chi connectivity index (χ0) is 11.4. The number of Topliss-reactive ketones (excluding diaryl/α,β-unsaturated/α-hetero) is 1. The minimum Gasteiger partial charge on any atom is -0.497 e. The molecule has 0 aliphatic carbocycles. The molecule has 80 valence electrons. The molecule has 1 atom stereocenters. The van der Waals surface area contributed by atoms with Crippen LogP contribution in [0.3, 0.4) is 0 Å². The summed E-state index contributed by atoms with van der Waals surface area (Å²) in [7, 11) is 1.49. The Labute approximate surface area is 87.5 Å². The number of aliphatic carboxylic acids is 1. The van der Waals surface area contributed by atoms with Gasteiger partial charge in [-0.1, -0.05) is 12.1 Å². The molecular weight excluding hydrogens is 196 g/mol. The van der Waals surface area contributed by atoms with Gasteiger partial charge in [-0.25, -0.2) is 0 Å². The summed E-state index contributed by atoms with van der Waals surface area (Å²) < 4.78 is 4.96. The summed E-state index contributed by atoms with van der Waals surface area (Å²) >= 11 is 0. The Bertz CT molecular complexity index is 370. The van der Waals surface area contributed by atoms with Crippen LogP contribution in [0, 0.1) is 0 Å². The van der Waals surface area contributed by atoms with Gasteiger partial charge in [-0.2, -0.15) is 0 Å². The Kier molecular flexibility index (Phi) is 3.44. The molecule has 1 aromatic carbocycles. The van der Waals surface area contributed by atoms with E-state index in [4.69, 9.17) is 9.84 Å². The first-order valence-corrected chi connectivity index (χ1v) is 4.43. The van der Waals surface area contributed by atoms with Crippen LogP contribution in [0.5, 0.6) is 5.75 Å². The number of hydrogen-bond donors (Lipinski definition) is 1. The lowest BCUT2D eigenvalue weighted by Crippen LogP contribution is -2.19. The quantitative estimate of drug-likeness (QED) is 0.760. The summed E-state index contributed by atoms with van der Waals surface area (Å²) in [6.45, 7) is 1.26. The van der Waals surface area contributed by atoms with E-state index in [-0.39, 0.29) is 0 Å². The summed E-state index contributed by atoms with van der Waals surface area (Å²) in [5.74, 6) is -2.10. The zero-order valence-electron chi connectivity index (χ0n) is 8.56. The van der Waals surface area contributed by atoms with Gasteiger partial charge in [0.05, 0.1) is 7.11 Å². The number of carboxylic acids is 1. The number of rotatable bonds is 4. The van der Waals surface area contributed by atoms with Gasteiger partial charge in [0.25, 0.3) is 0 Å². The minimum atomic E-state index is -1.14. The van der Waals surface area contributed by atoms with Gasteiger partial charge in [0.2, 0.25) is 0 Å². The Morgan fingerprint density at radius 1 is 1.40 bits per heavy atom. The number of carbonyl (C=O) groups is 2. The normalized spacial score (nSPS) is 11.9. The predicted molar refractivity (Wildman–Crippen MR) is 54.1 cm³/mol. The average Bonchev–Trinajstić information content (AvgIpc) is 2.17. The van der Waals surface area contributed by atoms with Crippen LogP contribution in [0.15, 0.2) is 24.3 Å². The lowest BCUT2D eigenvalue weighted by atomic mass is 9.95. The predicted octanol–water partition coefficient (Wildman–Crippen LogP) is 1.45. The number of carbonyl (C=O) groups excluding carboxylic acids is 1. The number of methoxy groups -OCH3 is 1. The van der Waals surface area contributed by atoms with Gasteiger partial charge < -0.3 is 9.84 Å². The maximum Gasteiger partial charge on any atom is 0.318 e. The summed E-state index contributed by atoms with van der Waals surface area (Å²) in [5.41, 5.74) is 0.439. The van der Waals surface area contributed by atoms with E-state index < -0.39 is 17.7 Å². The number of hydrogen-bond acceptors (Lipinski definition) is 3. The van der Waals surface area contributed by atoms with Crippen molar-refractivity contribution < 1.29 is 19.4 Å². The van der Waals surface area contributed by atoms with E-state index in [0.717, 1.165) is 0 Å². The molecule has 0 spiro atoms. The molecule has 1 unspecified atom stereocenters. The first-order valence-electron chi connectivity index (χ1n) is 4.43. The highest BCUT2D eigenvalue weighted by Gasteiger charge is 2.24. The number of ketones is 1. The number of benzene rings is 1. The molecule has 0 aliphatic heterocycles. The van der Waals surface area contributed by atoms with Crippen molar-refractivity contribution in [3.63, 3.8) is 0 Å². The third-order valence-electron chi connectivity index (χ3n) is 2.08. The highest BCUT2D eigenvalue weighted by Crippen LogP contribution is 2.21. The van der Waals surface area contributed by atoms with Crippen molar-refractivity contribution >= 4 is 11.8 Å². The third-order valence-corrected chi connectivity index (χ3v) is 2.08. The van der Waals surface area contributed by atoms with Crippen LogP contribution in [0.2, 0.25) is 0 Å². The molecule has 0 saturated heterocycles. The smallest absolute Gasteiger partial charge is 0.318 e. The summed E-state index contributed by atoms with van der Waals surface area (Å²) in [4.78, 5) is 22.0. The van der Waals surface area contributed by atoms with Crippen LogP contribution in [-0.4, -0.2) is 24.0 Å². The fourth-order valence-electron chi connectivity index (χ4n) is 1.37. The Balaban J connectivity index is 3.11. The molecule has 1 rings (SSSR count). The lowest BCUT2D eigenvalue weighted by molar-refractivity contribution is -0.142. The summed E-state index contributed by atoms with van der Waals surface area (Å²) in [5, 5.41) is 8.90. The van der Waals surface area contributed by atoms with Gasteiger partial charge in [0.15, 0.2) is 0 Å². The van der Waals surface area contributed by atoms with E-state index in [9.17, 15) is 9.59 Å². The molecule has 0 radical (unpaired) electrons. The number of carboxylic acid groups (broad SMARTS) is 1. The molecule has 0 fully saturated rings. The van der Waals surface area contributed by atoms with Crippen molar-refractivity contribution in [1.29, 1.82) is 0 Å². The van der Waals surface area contributed by atoms with Crippen LogP contribution < -0.4 is 4.74 Å². The largest absolute Gasteiger partial charge is 0.497 e. The Morgan fingerprint density at radius 3 is 2.53 bits per heavy atom. The minimum absolute atomic E-state index is 0.393. The molecular formula is C11H12O4. The lowest BCUT2D eigenvalue weighted by Gasteiger charge is -2.10. The fraction of sp³-hybridized carbons (Fsp3) is 0.273. The molecule has 0 aliphatic rings. The second-order valence-corrected chi connectivity index (χ2v) is 3.16. The van der Waals surface area contributed by atoms with Gasteiger partial charge in [-0.3, -0.25) is 9.59 Å². The van der Waals surface area contributed by atoms with Gasteiger partial charge in [-0.05, 0) is 24.6 Å². The van der Waals surface area contributed by atoms with E-state index >= 15 is 0 Å². The van der Waals surface area contributed by atoms with E-state index in [2.05, 4.69) is 0 Å². The third kappa shape index (κ3) is 2.56. The van der Waals surface area contributed by atoms with Crippen LogP contribution in [0.1, 0.15) is 18.4 Å². The molecule has 0 bridgehead atoms. The van der Waals surface area contributed by atoms with Crippen molar-refractivity contribution in [2.24, 2.45) is 0 Å². The van der Waals surface area contributed by atoms with Gasteiger partial charge in [-0.15, -0.1) is 0 Å². The maximum absolute atomic E-state index is 11.2. The Hall–Kier alpha value is -1.84. The monoisotopic (exact) mass is 208 g/mol. The maximum atomic E-state index is 11.2. The molecule has 4 nitrogen and oxygen atoms in total. The van der Waals surface area contributed by atoms with E-state index in [1.807, 2.05) is 0 Å². The number of ether oxygens (including phenoxy) is 1. The van der Waals surface area contributed by atoms with E-state index in [0.29, 0.717) is 11.3 Å². The van der Waals surface area contributed by atoms with Gasteiger partial charge in [0, 0.05) is 0 Å². The van der Waals surface area contributed by atoms with Gasteiger partial charge in [0.1, 0.15) is 17.5 Å². The summed E-state index contributed by atoms with van der Waals surface area (Å²) in [6, 6.07) is 6.51. The zero-order valence-corrected chi connectivity index (χ0v) is 8.56. The van der Waals surface area contributed by atoms with E-state index in [1.165, 1.54) is 14.0 Å². The van der Waals surface area contributed by atoms with E-state index in [1.54, 1.807) is 24.3 Å². The van der Waals surface area contributed by atoms with Crippen LogP contribution in [0.4, 0.5) is 0 Å². The van der Waals surface area contributed by atoms with Crippen molar-refractivity contribution in [2.45, 2.75) is 12.8 Å². The molecule has 1 aromatic rings. The molecule has 15 heavy (non-hydrogen) atoms.